The first-order valence-corrected chi connectivity index (χ1v) is 6.64. The molecule has 1 atom stereocenters. The molecular formula is C13H16BrNO. The van der Waals surface area contributed by atoms with Gasteiger partial charge in [0.15, 0.2) is 0 Å². The summed E-state index contributed by atoms with van der Waals surface area (Å²) < 4.78 is 7.28. The average Bonchev–Trinajstić information content (AvgIpc) is 2.18. The Morgan fingerprint density at radius 3 is 2.81 bits per heavy atom. The van der Waals surface area contributed by atoms with E-state index >= 15 is 0 Å². The number of nitrogens with two attached hydrogens (primary N) is 1. The summed E-state index contributed by atoms with van der Waals surface area (Å²) >= 11 is 3.55. The Morgan fingerprint density at radius 2 is 2.19 bits per heavy atom. The third kappa shape index (κ3) is 1.49. The zero-order chi connectivity index (χ0) is 11.3. The van der Waals surface area contributed by atoms with Gasteiger partial charge in [0.1, 0.15) is 11.4 Å². The molecule has 0 amide bonds. The van der Waals surface area contributed by atoms with Crippen molar-refractivity contribution in [1.29, 1.82) is 0 Å². The molecule has 0 saturated heterocycles. The van der Waals surface area contributed by atoms with Crippen molar-refractivity contribution in [3.8, 4) is 5.75 Å². The van der Waals surface area contributed by atoms with Crippen LogP contribution in [0.5, 0.6) is 5.75 Å². The monoisotopic (exact) mass is 281 g/mol. The van der Waals surface area contributed by atoms with Gasteiger partial charge in [-0.25, -0.2) is 0 Å². The lowest BCUT2D eigenvalue weighted by Gasteiger charge is -2.47. The normalized spacial score (nSPS) is 25.8. The Labute approximate surface area is 104 Å². The van der Waals surface area contributed by atoms with Crippen LogP contribution in [-0.2, 0) is 0 Å². The van der Waals surface area contributed by atoms with Gasteiger partial charge in [-0.2, -0.15) is 0 Å². The Hall–Kier alpha value is -0.540. The second-order valence-electron chi connectivity index (χ2n) is 5.09. The predicted octanol–water partition coefficient (Wildman–Crippen LogP) is 3.46. The molecule has 1 aromatic carbocycles. The van der Waals surface area contributed by atoms with Gasteiger partial charge in [0, 0.05) is 22.5 Å². The minimum absolute atomic E-state index is 0.0622. The molecule has 1 heterocycles. The quantitative estimate of drug-likeness (QED) is 0.791. The molecular weight excluding hydrogens is 266 g/mol. The van der Waals surface area contributed by atoms with Gasteiger partial charge < -0.3 is 10.5 Å². The Kier molecular flexibility index (Phi) is 2.30. The number of ether oxygens (including phenoxy) is 1. The van der Waals surface area contributed by atoms with Gasteiger partial charge in [-0.15, -0.1) is 0 Å². The molecule has 16 heavy (non-hydrogen) atoms. The average molecular weight is 282 g/mol. The van der Waals surface area contributed by atoms with E-state index < -0.39 is 0 Å². The molecule has 0 radical (unpaired) electrons. The van der Waals surface area contributed by atoms with Crippen LogP contribution in [0.3, 0.4) is 0 Å². The van der Waals surface area contributed by atoms with Crippen molar-refractivity contribution in [3.63, 3.8) is 0 Å². The molecule has 2 nitrogen and oxygen atoms in total. The molecule has 1 saturated carbocycles. The zero-order valence-electron chi connectivity index (χ0n) is 9.42. The summed E-state index contributed by atoms with van der Waals surface area (Å²) in [5.74, 6) is 0.999. The summed E-state index contributed by atoms with van der Waals surface area (Å²) in [6, 6.07) is 4.35. The van der Waals surface area contributed by atoms with E-state index in [4.69, 9.17) is 10.5 Å². The maximum absolute atomic E-state index is 6.25. The highest BCUT2D eigenvalue weighted by Gasteiger charge is 2.44. The number of aryl methyl sites for hydroxylation is 1. The van der Waals surface area contributed by atoms with Crippen molar-refractivity contribution < 1.29 is 4.74 Å². The first-order valence-electron chi connectivity index (χ1n) is 5.84. The molecule has 1 fully saturated rings. The number of hydrogen-bond acceptors (Lipinski definition) is 2. The van der Waals surface area contributed by atoms with Crippen molar-refractivity contribution in [2.45, 2.75) is 44.2 Å². The first-order chi connectivity index (χ1) is 7.60. The molecule has 1 spiro atoms. The fourth-order valence-electron chi connectivity index (χ4n) is 2.71. The van der Waals surface area contributed by atoms with E-state index in [1.54, 1.807) is 0 Å². The minimum atomic E-state index is 0.0622. The molecule has 2 aliphatic rings. The van der Waals surface area contributed by atoms with Crippen LogP contribution in [0.15, 0.2) is 16.6 Å². The number of rotatable bonds is 0. The lowest BCUT2D eigenvalue weighted by atomic mass is 9.73. The van der Waals surface area contributed by atoms with Crippen LogP contribution in [-0.4, -0.2) is 5.60 Å². The van der Waals surface area contributed by atoms with Crippen molar-refractivity contribution in [2.24, 2.45) is 5.73 Å². The van der Waals surface area contributed by atoms with Crippen molar-refractivity contribution in [3.05, 3.63) is 27.7 Å². The molecule has 0 aromatic heterocycles. The van der Waals surface area contributed by atoms with E-state index in [2.05, 4.69) is 35.0 Å². The van der Waals surface area contributed by atoms with E-state index in [-0.39, 0.29) is 11.6 Å². The Balaban J connectivity index is 2.04. The smallest absolute Gasteiger partial charge is 0.125 e. The largest absolute Gasteiger partial charge is 0.487 e. The maximum Gasteiger partial charge on any atom is 0.125 e. The van der Waals surface area contributed by atoms with Crippen molar-refractivity contribution >= 4 is 15.9 Å². The first kappa shape index (κ1) is 10.6. The highest BCUT2D eigenvalue weighted by molar-refractivity contribution is 9.10. The zero-order valence-corrected chi connectivity index (χ0v) is 11.0. The van der Waals surface area contributed by atoms with Gasteiger partial charge in [0.25, 0.3) is 0 Å². The van der Waals surface area contributed by atoms with Crippen LogP contribution in [0.2, 0.25) is 0 Å². The minimum Gasteiger partial charge on any atom is -0.487 e. The highest BCUT2D eigenvalue weighted by atomic mass is 79.9. The van der Waals surface area contributed by atoms with Crippen LogP contribution in [0, 0.1) is 6.92 Å². The van der Waals surface area contributed by atoms with Gasteiger partial charge in [-0.1, -0.05) is 15.9 Å². The summed E-state index contributed by atoms with van der Waals surface area (Å²) in [7, 11) is 0. The molecule has 0 bridgehead atoms. The summed E-state index contributed by atoms with van der Waals surface area (Å²) in [4.78, 5) is 0. The lowest BCUT2D eigenvalue weighted by molar-refractivity contribution is -0.0330. The Morgan fingerprint density at radius 1 is 1.44 bits per heavy atom. The van der Waals surface area contributed by atoms with E-state index in [0.717, 1.165) is 35.0 Å². The predicted molar refractivity (Wildman–Crippen MR) is 67.6 cm³/mol. The SMILES string of the molecule is Cc1cc2c(cc1Br)C(N)CC1(CCC1)O2. The molecule has 3 heteroatoms. The maximum atomic E-state index is 6.25. The number of fused-ring (bicyclic) bond motifs is 1. The fraction of sp³-hybridized carbons (Fsp3) is 0.538. The summed E-state index contributed by atoms with van der Waals surface area (Å²) in [6.07, 6.45) is 4.57. The number of halogens is 1. The molecule has 1 unspecified atom stereocenters. The molecule has 86 valence electrons. The van der Waals surface area contributed by atoms with E-state index in [9.17, 15) is 0 Å². The third-order valence-corrected chi connectivity index (χ3v) is 4.73. The molecule has 1 aliphatic carbocycles. The number of benzene rings is 1. The highest BCUT2D eigenvalue weighted by Crippen LogP contribution is 2.48. The van der Waals surface area contributed by atoms with Crippen LogP contribution in [0.1, 0.15) is 42.9 Å². The Bertz CT molecular complexity index is 440. The summed E-state index contributed by atoms with van der Waals surface area (Å²) in [6.45, 7) is 2.08. The second-order valence-corrected chi connectivity index (χ2v) is 5.94. The van der Waals surface area contributed by atoms with Crippen molar-refractivity contribution in [2.75, 3.05) is 0 Å². The lowest BCUT2D eigenvalue weighted by Crippen LogP contribution is -2.48. The van der Waals surface area contributed by atoms with Crippen LogP contribution in [0.25, 0.3) is 0 Å². The fourth-order valence-corrected chi connectivity index (χ4v) is 3.07. The molecule has 1 aliphatic heterocycles. The van der Waals surface area contributed by atoms with Gasteiger partial charge in [-0.3, -0.25) is 0 Å². The van der Waals surface area contributed by atoms with Crippen LogP contribution >= 0.6 is 15.9 Å². The van der Waals surface area contributed by atoms with E-state index in [1.165, 1.54) is 12.0 Å². The molecule has 1 aromatic rings. The van der Waals surface area contributed by atoms with E-state index in [1.807, 2.05) is 0 Å². The van der Waals surface area contributed by atoms with Crippen LogP contribution in [0.4, 0.5) is 0 Å². The summed E-state index contributed by atoms with van der Waals surface area (Å²) in [5, 5.41) is 0. The topological polar surface area (TPSA) is 35.2 Å². The van der Waals surface area contributed by atoms with Gasteiger partial charge in [-0.05, 0) is 43.9 Å². The van der Waals surface area contributed by atoms with Gasteiger partial charge in [0.2, 0.25) is 0 Å². The number of hydrogen-bond donors (Lipinski definition) is 1. The van der Waals surface area contributed by atoms with Gasteiger partial charge >= 0.3 is 0 Å². The standard InChI is InChI=1S/C13H16BrNO/c1-8-5-12-9(6-10(8)14)11(15)7-13(16-12)3-2-4-13/h5-6,11H,2-4,7,15H2,1H3. The van der Waals surface area contributed by atoms with Gasteiger partial charge in [0.05, 0.1) is 0 Å². The van der Waals surface area contributed by atoms with E-state index in [0.29, 0.717) is 0 Å². The molecule has 2 N–H and O–H groups in total. The summed E-state index contributed by atoms with van der Waals surface area (Å²) in [5.41, 5.74) is 8.67. The second kappa shape index (κ2) is 3.47. The van der Waals surface area contributed by atoms with Crippen LogP contribution < -0.4 is 10.5 Å². The molecule has 3 rings (SSSR count). The third-order valence-electron chi connectivity index (χ3n) is 3.87. The van der Waals surface area contributed by atoms with Crippen molar-refractivity contribution in [1.82, 2.24) is 0 Å².